The van der Waals surface area contributed by atoms with Gasteiger partial charge in [0, 0.05) is 17.5 Å². The third-order valence-corrected chi connectivity index (χ3v) is 5.77. The number of thiazole rings is 1. The zero-order valence-corrected chi connectivity index (χ0v) is 14.7. The van der Waals surface area contributed by atoms with Gasteiger partial charge in [0.1, 0.15) is 5.69 Å². The van der Waals surface area contributed by atoms with Crippen molar-refractivity contribution in [2.75, 3.05) is 0 Å². The predicted molar refractivity (Wildman–Crippen MR) is 99.2 cm³/mol. The molecule has 23 heavy (non-hydrogen) atoms. The van der Waals surface area contributed by atoms with Crippen molar-refractivity contribution in [2.24, 2.45) is 5.73 Å². The van der Waals surface area contributed by atoms with Crippen LogP contribution in [0, 0.1) is 13.8 Å². The Morgan fingerprint density at radius 3 is 2.74 bits per heavy atom. The highest BCUT2D eigenvalue weighted by Crippen LogP contribution is 2.35. The van der Waals surface area contributed by atoms with Crippen molar-refractivity contribution in [3.8, 4) is 21.8 Å². The second-order valence-corrected chi connectivity index (χ2v) is 7.43. The van der Waals surface area contributed by atoms with Crippen LogP contribution in [0.1, 0.15) is 16.8 Å². The number of thiophene rings is 1. The van der Waals surface area contributed by atoms with Gasteiger partial charge in [-0.1, -0.05) is 29.8 Å². The first-order chi connectivity index (χ1) is 11.2. The minimum Gasteiger partial charge on any atom is -0.325 e. The molecule has 0 amide bonds. The molecule has 2 N–H and O–H groups in total. The lowest BCUT2D eigenvalue weighted by Gasteiger charge is -2.08. The first-order valence-corrected chi connectivity index (χ1v) is 9.25. The molecular formula is C18H17N3S2. The van der Waals surface area contributed by atoms with E-state index in [0.717, 1.165) is 16.3 Å². The van der Waals surface area contributed by atoms with Crippen LogP contribution >= 0.6 is 22.7 Å². The minimum atomic E-state index is 0.475. The van der Waals surface area contributed by atoms with Crippen LogP contribution in [0.25, 0.3) is 26.8 Å². The lowest BCUT2D eigenvalue weighted by atomic mass is 10.0. The van der Waals surface area contributed by atoms with E-state index in [2.05, 4.69) is 59.3 Å². The molecule has 4 aromatic rings. The summed E-state index contributed by atoms with van der Waals surface area (Å²) in [7, 11) is 0. The van der Waals surface area contributed by atoms with Crippen LogP contribution in [-0.2, 0) is 6.54 Å². The second-order valence-electron chi connectivity index (χ2n) is 5.65. The lowest BCUT2D eigenvalue weighted by Crippen LogP contribution is -2.03. The zero-order chi connectivity index (χ0) is 16.0. The second kappa shape index (κ2) is 5.60. The first kappa shape index (κ1) is 14.6. The Labute approximate surface area is 143 Å². The summed E-state index contributed by atoms with van der Waals surface area (Å²) in [5, 5.41) is 4.26. The van der Waals surface area contributed by atoms with Crippen molar-refractivity contribution in [2.45, 2.75) is 20.4 Å². The highest BCUT2D eigenvalue weighted by atomic mass is 32.1. The summed E-state index contributed by atoms with van der Waals surface area (Å²) in [6.07, 6.45) is 0. The number of benzene rings is 1. The van der Waals surface area contributed by atoms with Crippen LogP contribution < -0.4 is 5.73 Å². The van der Waals surface area contributed by atoms with E-state index < -0.39 is 0 Å². The van der Waals surface area contributed by atoms with Gasteiger partial charge in [0.25, 0.3) is 0 Å². The van der Waals surface area contributed by atoms with Gasteiger partial charge < -0.3 is 5.73 Å². The lowest BCUT2D eigenvalue weighted by molar-refractivity contribution is 0.973. The molecule has 0 bridgehead atoms. The molecule has 0 spiro atoms. The maximum atomic E-state index is 6.08. The number of nitrogens with two attached hydrogens (primary N) is 1. The van der Waals surface area contributed by atoms with Crippen LogP contribution in [0.15, 0.2) is 41.1 Å². The summed E-state index contributed by atoms with van der Waals surface area (Å²) < 4.78 is 2.22. The highest BCUT2D eigenvalue weighted by Gasteiger charge is 2.19. The van der Waals surface area contributed by atoms with Gasteiger partial charge in [0.2, 0.25) is 0 Å². The number of fused-ring (bicyclic) bond motifs is 1. The number of rotatable bonds is 3. The number of nitrogens with zero attached hydrogens (tertiary/aromatic N) is 2. The number of hydrogen-bond donors (Lipinski definition) is 1. The summed E-state index contributed by atoms with van der Waals surface area (Å²) in [6.45, 7) is 4.76. The molecule has 0 aliphatic rings. The number of aromatic nitrogens is 2. The van der Waals surface area contributed by atoms with E-state index in [0.29, 0.717) is 6.54 Å². The molecule has 0 unspecified atom stereocenters. The zero-order valence-electron chi connectivity index (χ0n) is 13.0. The Morgan fingerprint density at radius 1 is 1.17 bits per heavy atom. The van der Waals surface area contributed by atoms with Gasteiger partial charge in [-0.3, -0.25) is 4.40 Å². The number of aryl methyl sites for hydroxylation is 2. The summed E-state index contributed by atoms with van der Waals surface area (Å²) in [4.78, 5) is 7.01. The fourth-order valence-corrected chi connectivity index (χ4v) is 4.65. The Morgan fingerprint density at radius 2 is 2.04 bits per heavy atom. The number of hydrogen-bond acceptors (Lipinski definition) is 4. The van der Waals surface area contributed by atoms with Crippen LogP contribution in [0.3, 0.4) is 0 Å². The van der Waals surface area contributed by atoms with Crippen molar-refractivity contribution in [3.05, 3.63) is 57.9 Å². The maximum absolute atomic E-state index is 6.08. The Hall–Kier alpha value is -1.95. The summed E-state index contributed by atoms with van der Waals surface area (Å²) in [5.41, 5.74) is 13.2. The van der Waals surface area contributed by atoms with E-state index in [9.17, 15) is 0 Å². The monoisotopic (exact) mass is 339 g/mol. The van der Waals surface area contributed by atoms with Crippen molar-refractivity contribution in [1.82, 2.24) is 9.38 Å². The molecule has 3 nitrogen and oxygen atoms in total. The SMILES string of the molecule is Cc1ccc(-c2csc3nc(-c4cccs4)c(CN)n23)c(C)c1. The molecule has 0 atom stereocenters. The number of imidazole rings is 1. The van der Waals surface area contributed by atoms with Crippen LogP contribution in [-0.4, -0.2) is 9.38 Å². The molecule has 0 fully saturated rings. The van der Waals surface area contributed by atoms with E-state index in [-0.39, 0.29) is 0 Å². The van der Waals surface area contributed by atoms with Gasteiger partial charge in [-0.05, 0) is 30.9 Å². The Kier molecular flexibility index (Phi) is 3.56. The van der Waals surface area contributed by atoms with Gasteiger partial charge in [0.15, 0.2) is 4.96 Å². The average Bonchev–Trinajstić information content (AvgIpc) is 3.23. The van der Waals surface area contributed by atoms with Crippen LogP contribution in [0.4, 0.5) is 0 Å². The van der Waals surface area contributed by atoms with E-state index >= 15 is 0 Å². The summed E-state index contributed by atoms with van der Waals surface area (Å²) >= 11 is 3.37. The van der Waals surface area contributed by atoms with E-state index in [4.69, 9.17) is 10.7 Å². The van der Waals surface area contributed by atoms with Crippen molar-refractivity contribution < 1.29 is 0 Å². The molecule has 0 saturated carbocycles. The first-order valence-electron chi connectivity index (χ1n) is 7.49. The van der Waals surface area contributed by atoms with Crippen molar-refractivity contribution in [3.63, 3.8) is 0 Å². The van der Waals surface area contributed by atoms with Gasteiger partial charge >= 0.3 is 0 Å². The third-order valence-electron chi connectivity index (χ3n) is 4.06. The molecule has 0 saturated heterocycles. The average molecular weight is 339 g/mol. The molecule has 116 valence electrons. The van der Waals surface area contributed by atoms with Crippen molar-refractivity contribution >= 4 is 27.6 Å². The molecule has 3 aromatic heterocycles. The van der Waals surface area contributed by atoms with E-state index in [1.807, 2.05) is 0 Å². The Balaban J connectivity index is 1.99. The maximum Gasteiger partial charge on any atom is 0.195 e. The molecule has 0 radical (unpaired) electrons. The topological polar surface area (TPSA) is 43.3 Å². The fourth-order valence-electron chi connectivity index (χ4n) is 3.00. The molecular weight excluding hydrogens is 322 g/mol. The summed E-state index contributed by atoms with van der Waals surface area (Å²) in [5.74, 6) is 0. The molecule has 4 rings (SSSR count). The Bertz CT molecular complexity index is 977. The standard InChI is InChI=1S/C18H17N3S2/c1-11-5-6-13(12(2)8-11)15-10-23-18-20-17(14(9-19)21(15)18)16-4-3-7-22-16/h3-8,10H,9,19H2,1-2H3. The third kappa shape index (κ3) is 2.32. The van der Waals surface area contributed by atoms with Gasteiger partial charge in [0.05, 0.1) is 16.3 Å². The van der Waals surface area contributed by atoms with Gasteiger partial charge in [-0.15, -0.1) is 22.7 Å². The highest BCUT2D eigenvalue weighted by molar-refractivity contribution is 7.15. The molecule has 5 heteroatoms. The predicted octanol–water partition coefficient (Wildman–Crippen LogP) is 4.87. The van der Waals surface area contributed by atoms with Crippen molar-refractivity contribution in [1.29, 1.82) is 0 Å². The van der Waals surface area contributed by atoms with Crippen LogP contribution in [0.2, 0.25) is 0 Å². The van der Waals surface area contributed by atoms with Gasteiger partial charge in [-0.25, -0.2) is 4.98 Å². The van der Waals surface area contributed by atoms with E-state index in [1.54, 1.807) is 22.7 Å². The van der Waals surface area contributed by atoms with E-state index in [1.165, 1.54) is 27.3 Å². The smallest absolute Gasteiger partial charge is 0.195 e. The minimum absolute atomic E-state index is 0.475. The largest absolute Gasteiger partial charge is 0.325 e. The van der Waals surface area contributed by atoms with Crippen LogP contribution in [0.5, 0.6) is 0 Å². The summed E-state index contributed by atoms with van der Waals surface area (Å²) in [6, 6.07) is 10.7. The molecule has 3 heterocycles. The normalized spacial score (nSPS) is 11.4. The quantitative estimate of drug-likeness (QED) is 0.579. The fraction of sp³-hybridized carbons (Fsp3) is 0.167. The molecule has 0 aliphatic heterocycles. The van der Waals surface area contributed by atoms with Gasteiger partial charge in [-0.2, -0.15) is 0 Å². The molecule has 0 aliphatic carbocycles. The molecule has 1 aromatic carbocycles.